The first-order valence-corrected chi connectivity index (χ1v) is 6.16. The Hall–Kier alpha value is 1.11. The second kappa shape index (κ2) is 9.34. The van der Waals surface area contributed by atoms with Gasteiger partial charge in [0.05, 0.1) is 13.9 Å². The number of hydrogen-bond acceptors (Lipinski definition) is 4. The number of rotatable bonds is 7. The molecule has 0 fully saturated rings. The van der Waals surface area contributed by atoms with Crippen LogP contribution in [0.2, 0.25) is 0 Å². The molecular weight excluding hydrogens is 214 g/mol. The van der Waals surface area contributed by atoms with E-state index < -0.39 is 13.9 Å². The van der Waals surface area contributed by atoms with Gasteiger partial charge in [-0.05, 0) is 12.8 Å². The monoisotopic (exact) mass is 231 g/mol. The zero-order chi connectivity index (χ0) is 10.3. The zero-order valence-corrected chi connectivity index (χ0v) is 12.1. The van der Waals surface area contributed by atoms with Gasteiger partial charge in [-0.3, -0.25) is 0 Å². The van der Waals surface area contributed by atoms with Crippen LogP contribution in [0.15, 0.2) is 0 Å². The van der Waals surface area contributed by atoms with Gasteiger partial charge in [-0.15, -0.1) is 0 Å². The molecule has 14 heavy (non-hydrogen) atoms. The molecule has 80 valence electrons. The van der Waals surface area contributed by atoms with Crippen molar-refractivity contribution in [3.05, 3.63) is 0 Å². The minimum Gasteiger partial charge on any atom is -0.790 e. The fourth-order valence-electron chi connectivity index (χ4n) is 1.14. The van der Waals surface area contributed by atoms with Crippen molar-refractivity contribution in [3.8, 4) is 0 Å². The Morgan fingerprint density at radius 2 is 1.86 bits per heavy atom. The molecule has 0 spiro atoms. The summed E-state index contributed by atoms with van der Waals surface area (Å²) < 4.78 is 14.7. The third-order valence-electron chi connectivity index (χ3n) is 1.86. The molecule has 0 aliphatic heterocycles. The molecule has 4 nitrogen and oxygen atoms in total. The van der Waals surface area contributed by atoms with Gasteiger partial charge in [-0.25, -0.2) is 0 Å². The van der Waals surface area contributed by atoms with E-state index in [1.165, 1.54) is 0 Å². The maximum absolute atomic E-state index is 10.3. The van der Waals surface area contributed by atoms with E-state index in [0.717, 1.165) is 19.3 Å². The second-order valence-electron chi connectivity index (χ2n) is 3.08. The first kappa shape index (κ1) is 17.5. The van der Waals surface area contributed by atoms with E-state index in [9.17, 15) is 14.4 Å². The van der Waals surface area contributed by atoms with Crippen molar-refractivity contribution in [1.82, 2.24) is 0 Å². The number of phosphoric ester groups is 1. The van der Waals surface area contributed by atoms with Gasteiger partial charge in [0, 0.05) is 0 Å². The fraction of sp³-hybridized carbons (Fsp3) is 1.00. The Bertz CT molecular complexity index is 171. The summed E-state index contributed by atoms with van der Waals surface area (Å²) in [7, 11) is -4.79. The van der Waals surface area contributed by atoms with Crippen molar-refractivity contribution in [2.45, 2.75) is 52.1 Å². The van der Waals surface area contributed by atoms with Crippen LogP contribution in [0.5, 0.6) is 0 Å². The molecule has 0 aromatic heterocycles. The van der Waals surface area contributed by atoms with E-state index in [1.807, 2.05) is 6.92 Å². The topological polar surface area (TPSA) is 72.4 Å². The van der Waals surface area contributed by atoms with Gasteiger partial charge >= 0.3 is 29.6 Å². The van der Waals surface area contributed by atoms with E-state index in [-0.39, 0.29) is 29.6 Å². The van der Waals surface area contributed by atoms with Crippen LogP contribution >= 0.6 is 7.82 Å². The van der Waals surface area contributed by atoms with E-state index in [1.54, 1.807) is 0 Å². The molecule has 0 aromatic carbocycles. The Labute approximate surface area is 108 Å². The molecule has 0 radical (unpaired) electrons. The Morgan fingerprint density at radius 1 is 1.29 bits per heavy atom. The minimum absolute atomic E-state index is 0. The summed E-state index contributed by atoms with van der Waals surface area (Å²) in [5.41, 5.74) is 0. The standard InChI is InChI=1S/C8H19O4P.Na/c1-3-5-6-7-8(4-2)12-13(9,10)11;/h8H,3-7H2,1-2H3,(H2,9,10,11);/q;+1/p-2. The van der Waals surface area contributed by atoms with Crippen LogP contribution in [0.4, 0.5) is 0 Å². The van der Waals surface area contributed by atoms with E-state index in [0.29, 0.717) is 12.8 Å². The molecule has 0 aliphatic rings. The number of unbranched alkanes of at least 4 members (excludes halogenated alkanes) is 2. The SMILES string of the molecule is CCCCCC(CC)OP(=O)([O-])[O-].[Na+]. The first-order valence-electron chi connectivity index (χ1n) is 4.70. The Balaban J connectivity index is 0. The van der Waals surface area contributed by atoms with Crippen molar-refractivity contribution in [1.29, 1.82) is 0 Å². The number of phosphoric acid groups is 1. The molecule has 0 N–H and O–H groups in total. The summed E-state index contributed by atoms with van der Waals surface area (Å²) in [6, 6.07) is 0. The molecule has 0 rings (SSSR count). The number of hydrogen-bond donors (Lipinski definition) is 0. The molecule has 1 unspecified atom stereocenters. The third-order valence-corrected chi connectivity index (χ3v) is 2.42. The molecular formula is C8H17NaO4P-. The summed E-state index contributed by atoms with van der Waals surface area (Å²) in [5, 5.41) is 0. The molecule has 0 aliphatic carbocycles. The van der Waals surface area contributed by atoms with Gasteiger partial charge in [0.2, 0.25) is 0 Å². The average molecular weight is 231 g/mol. The van der Waals surface area contributed by atoms with Gasteiger partial charge in [0.1, 0.15) is 0 Å². The smallest absolute Gasteiger partial charge is 0.790 e. The fourth-order valence-corrected chi connectivity index (χ4v) is 1.76. The van der Waals surface area contributed by atoms with Crippen LogP contribution in [0, 0.1) is 0 Å². The summed E-state index contributed by atoms with van der Waals surface area (Å²) >= 11 is 0. The molecule has 6 heteroatoms. The maximum Gasteiger partial charge on any atom is 1.00 e. The van der Waals surface area contributed by atoms with Crippen molar-refractivity contribution in [2.75, 3.05) is 0 Å². The van der Waals surface area contributed by atoms with Gasteiger partial charge in [0.15, 0.2) is 0 Å². The van der Waals surface area contributed by atoms with Crippen LogP contribution in [0.1, 0.15) is 46.0 Å². The van der Waals surface area contributed by atoms with E-state index >= 15 is 0 Å². The van der Waals surface area contributed by atoms with Crippen molar-refractivity contribution >= 4 is 7.82 Å². The second-order valence-corrected chi connectivity index (χ2v) is 4.18. The van der Waals surface area contributed by atoms with Gasteiger partial charge < -0.3 is 18.9 Å². The molecule has 0 saturated carbocycles. The van der Waals surface area contributed by atoms with E-state index in [2.05, 4.69) is 11.4 Å². The van der Waals surface area contributed by atoms with Crippen LogP contribution in [-0.4, -0.2) is 6.10 Å². The summed E-state index contributed by atoms with van der Waals surface area (Å²) in [5.74, 6) is 0. The normalized spacial score (nSPS) is 13.4. The third kappa shape index (κ3) is 11.2. The molecule has 0 bridgehead atoms. The van der Waals surface area contributed by atoms with Crippen molar-refractivity contribution < 1.29 is 48.4 Å². The molecule has 1 atom stereocenters. The predicted molar refractivity (Wildman–Crippen MR) is 46.9 cm³/mol. The van der Waals surface area contributed by atoms with E-state index in [4.69, 9.17) is 0 Å². The summed E-state index contributed by atoms with van der Waals surface area (Å²) in [6.45, 7) is 3.88. The summed E-state index contributed by atoms with van der Waals surface area (Å²) in [6.07, 6.45) is 3.82. The zero-order valence-electron chi connectivity index (χ0n) is 9.19. The quantitative estimate of drug-likeness (QED) is 0.294. The first-order chi connectivity index (χ1) is 5.99. The van der Waals surface area contributed by atoms with Crippen molar-refractivity contribution in [3.63, 3.8) is 0 Å². The van der Waals surface area contributed by atoms with Crippen LogP contribution in [0.25, 0.3) is 0 Å². The largest absolute Gasteiger partial charge is 1.00 e. The predicted octanol–water partition coefficient (Wildman–Crippen LogP) is -1.81. The van der Waals surface area contributed by atoms with Gasteiger partial charge in [-0.1, -0.05) is 33.1 Å². The minimum atomic E-state index is -4.79. The average Bonchev–Trinajstić information content (AvgIpc) is 2.01. The molecule has 0 heterocycles. The van der Waals surface area contributed by atoms with Crippen LogP contribution in [-0.2, 0) is 9.09 Å². The molecule has 0 saturated heterocycles. The summed E-state index contributed by atoms with van der Waals surface area (Å²) in [4.78, 5) is 20.6. The molecule has 0 aromatic rings. The van der Waals surface area contributed by atoms with Crippen molar-refractivity contribution in [2.24, 2.45) is 0 Å². The van der Waals surface area contributed by atoms with Gasteiger partial charge in [0.25, 0.3) is 0 Å². The Morgan fingerprint density at radius 3 is 2.21 bits per heavy atom. The maximum atomic E-state index is 10.3. The Kier molecular flexibility index (Phi) is 11.7. The van der Waals surface area contributed by atoms with Crippen LogP contribution in [0.3, 0.4) is 0 Å². The molecule has 0 amide bonds. The van der Waals surface area contributed by atoms with Crippen LogP contribution < -0.4 is 39.3 Å². The van der Waals surface area contributed by atoms with Gasteiger partial charge in [-0.2, -0.15) is 0 Å².